The van der Waals surface area contributed by atoms with Crippen LogP contribution >= 0.6 is 0 Å². The monoisotopic (exact) mass is 359 g/mol. The Morgan fingerprint density at radius 1 is 1.31 bits per heavy atom. The Hall–Kier alpha value is -2.15. The first-order valence-corrected chi connectivity index (χ1v) is 9.33. The lowest BCUT2D eigenvalue weighted by Crippen LogP contribution is -2.53. The summed E-state index contributed by atoms with van der Waals surface area (Å²) in [6.07, 6.45) is 4.54. The lowest BCUT2D eigenvalue weighted by molar-refractivity contribution is -0.134. The third-order valence-corrected chi connectivity index (χ3v) is 5.70. The highest BCUT2D eigenvalue weighted by Crippen LogP contribution is 2.39. The van der Waals surface area contributed by atoms with Crippen molar-refractivity contribution < 1.29 is 9.59 Å². The summed E-state index contributed by atoms with van der Waals surface area (Å²) in [5, 5.41) is 6.15. The predicted octanol–water partition coefficient (Wildman–Crippen LogP) is 1.21. The lowest BCUT2D eigenvalue weighted by atomic mass is 9.84. The lowest BCUT2D eigenvalue weighted by Gasteiger charge is -2.44. The van der Waals surface area contributed by atoms with Gasteiger partial charge >= 0.3 is 0 Å². The number of nitrogens with one attached hydrogen (secondary N) is 2. The third kappa shape index (κ3) is 3.82. The number of rotatable bonds is 4. The quantitative estimate of drug-likeness (QED) is 0.845. The zero-order valence-corrected chi connectivity index (χ0v) is 15.9. The molecule has 2 aliphatic rings. The molecule has 0 aromatic carbocycles. The SMILES string of the molecule is CNc1ncccc1CN1CCC2(CC1)CC(NC(C)=O)CN2C(C)=O. The van der Waals surface area contributed by atoms with Crippen LogP contribution in [0.2, 0.25) is 0 Å². The van der Waals surface area contributed by atoms with E-state index in [4.69, 9.17) is 0 Å². The molecule has 0 radical (unpaired) electrons. The van der Waals surface area contributed by atoms with Gasteiger partial charge in [0.2, 0.25) is 11.8 Å². The van der Waals surface area contributed by atoms with Crippen LogP contribution in [0.25, 0.3) is 0 Å². The molecule has 1 aromatic rings. The van der Waals surface area contributed by atoms with E-state index in [1.807, 2.05) is 18.0 Å². The first kappa shape index (κ1) is 18.6. The van der Waals surface area contributed by atoms with E-state index in [0.29, 0.717) is 6.54 Å². The minimum Gasteiger partial charge on any atom is -0.373 e. The molecule has 0 bridgehead atoms. The van der Waals surface area contributed by atoms with Gasteiger partial charge in [-0.15, -0.1) is 0 Å². The Morgan fingerprint density at radius 2 is 2.04 bits per heavy atom. The van der Waals surface area contributed by atoms with Gasteiger partial charge in [0.15, 0.2) is 0 Å². The fraction of sp³-hybridized carbons (Fsp3) is 0.632. The number of likely N-dealkylation sites (tertiary alicyclic amines) is 2. The zero-order chi connectivity index (χ0) is 18.7. The number of carbonyl (C=O) groups excluding carboxylic acids is 2. The van der Waals surface area contributed by atoms with Crippen LogP contribution in [-0.2, 0) is 16.1 Å². The van der Waals surface area contributed by atoms with Crippen molar-refractivity contribution in [3.63, 3.8) is 0 Å². The number of anilines is 1. The van der Waals surface area contributed by atoms with Crippen LogP contribution in [0.1, 0.15) is 38.7 Å². The average molecular weight is 359 g/mol. The summed E-state index contributed by atoms with van der Waals surface area (Å²) in [4.78, 5) is 32.4. The van der Waals surface area contributed by atoms with E-state index < -0.39 is 0 Å². The second-order valence-electron chi connectivity index (χ2n) is 7.49. The molecule has 2 N–H and O–H groups in total. The maximum atomic E-state index is 12.2. The molecule has 1 aromatic heterocycles. The van der Waals surface area contributed by atoms with Crippen LogP contribution < -0.4 is 10.6 Å². The molecule has 142 valence electrons. The van der Waals surface area contributed by atoms with Crippen molar-refractivity contribution in [1.29, 1.82) is 0 Å². The third-order valence-electron chi connectivity index (χ3n) is 5.70. The summed E-state index contributed by atoms with van der Waals surface area (Å²) in [5.41, 5.74) is 1.08. The zero-order valence-electron chi connectivity index (χ0n) is 15.9. The summed E-state index contributed by atoms with van der Waals surface area (Å²) in [6, 6.07) is 4.14. The number of carbonyl (C=O) groups is 2. The molecular weight excluding hydrogens is 330 g/mol. The molecular formula is C19H29N5O2. The van der Waals surface area contributed by atoms with Gasteiger partial charge in [0.25, 0.3) is 0 Å². The topological polar surface area (TPSA) is 77.6 Å². The van der Waals surface area contributed by atoms with Crippen molar-refractivity contribution in [3.8, 4) is 0 Å². The number of amides is 2. The van der Waals surface area contributed by atoms with E-state index in [1.54, 1.807) is 20.0 Å². The van der Waals surface area contributed by atoms with Gasteiger partial charge in [0.05, 0.1) is 0 Å². The van der Waals surface area contributed by atoms with Crippen LogP contribution in [0, 0.1) is 0 Å². The Labute approximate surface area is 155 Å². The van der Waals surface area contributed by atoms with E-state index in [1.165, 1.54) is 5.56 Å². The Balaban J connectivity index is 1.66. The predicted molar refractivity (Wildman–Crippen MR) is 101 cm³/mol. The van der Waals surface area contributed by atoms with E-state index in [9.17, 15) is 9.59 Å². The summed E-state index contributed by atoms with van der Waals surface area (Å²) in [7, 11) is 1.89. The maximum absolute atomic E-state index is 12.2. The Morgan fingerprint density at radius 3 is 2.65 bits per heavy atom. The van der Waals surface area contributed by atoms with Gasteiger partial charge in [0, 0.05) is 70.4 Å². The van der Waals surface area contributed by atoms with Gasteiger partial charge in [-0.25, -0.2) is 4.98 Å². The van der Waals surface area contributed by atoms with E-state index in [-0.39, 0.29) is 23.4 Å². The molecule has 1 atom stereocenters. The van der Waals surface area contributed by atoms with Crippen molar-refractivity contribution in [2.24, 2.45) is 0 Å². The van der Waals surface area contributed by atoms with E-state index in [2.05, 4.69) is 26.6 Å². The molecule has 0 saturated carbocycles. The summed E-state index contributed by atoms with van der Waals surface area (Å²) in [5.74, 6) is 1.00. The van der Waals surface area contributed by atoms with Crippen molar-refractivity contribution in [1.82, 2.24) is 20.1 Å². The first-order chi connectivity index (χ1) is 12.4. The van der Waals surface area contributed by atoms with Crippen LogP contribution in [0.5, 0.6) is 0 Å². The van der Waals surface area contributed by atoms with Crippen LogP contribution in [0.15, 0.2) is 18.3 Å². The highest BCUT2D eigenvalue weighted by Gasteiger charge is 2.48. The normalized spacial score (nSPS) is 22.4. The van der Waals surface area contributed by atoms with Crippen LogP contribution in [0.3, 0.4) is 0 Å². The van der Waals surface area contributed by atoms with E-state index >= 15 is 0 Å². The molecule has 2 aliphatic heterocycles. The fourth-order valence-corrected chi connectivity index (χ4v) is 4.53. The number of aromatic nitrogens is 1. The second-order valence-corrected chi connectivity index (χ2v) is 7.49. The highest BCUT2D eigenvalue weighted by molar-refractivity contribution is 5.76. The van der Waals surface area contributed by atoms with Gasteiger partial charge in [-0.2, -0.15) is 0 Å². The molecule has 7 nitrogen and oxygen atoms in total. The largest absolute Gasteiger partial charge is 0.373 e. The standard InChI is InChI=1S/C19H29N5O2/c1-14(25)22-17-11-19(24(13-17)15(2)26)6-9-23(10-7-19)12-16-5-4-8-21-18(16)20-3/h4-5,8,17H,6-7,9-13H2,1-3H3,(H,20,21)(H,22,25). The van der Waals surface area contributed by atoms with Crippen molar-refractivity contribution >= 4 is 17.6 Å². The minimum absolute atomic E-state index is 0.0239. The van der Waals surface area contributed by atoms with Crippen LogP contribution in [-0.4, -0.2) is 64.9 Å². The molecule has 0 aliphatic carbocycles. The van der Waals surface area contributed by atoms with E-state index in [0.717, 1.165) is 44.7 Å². The molecule has 3 rings (SSSR count). The summed E-state index contributed by atoms with van der Waals surface area (Å²) < 4.78 is 0. The molecule has 2 amide bonds. The number of pyridine rings is 1. The molecule has 2 saturated heterocycles. The van der Waals surface area contributed by atoms with Crippen molar-refractivity contribution in [3.05, 3.63) is 23.9 Å². The molecule has 1 spiro atoms. The minimum atomic E-state index is -0.115. The van der Waals surface area contributed by atoms with Gasteiger partial charge in [-0.05, 0) is 25.3 Å². The molecule has 7 heteroatoms. The van der Waals surface area contributed by atoms with Crippen molar-refractivity contribution in [2.45, 2.75) is 51.2 Å². The summed E-state index contributed by atoms with van der Waals surface area (Å²) >= 11 is 0. The number of piperidine rings is 1. The van der Waals surface area contributed by atoms with Crippen LogP contribution in [0.4, 0.5) is 5.82 Å². The molecule has 2 fully saturated rings. The highest BCUT2D eigenvalue weighted by atomic mass is 16.2. The van der Waals surface area contributed by atoms with Gasteiger partial charge in [-0.3, -0.25) is 14.5 Å². The summed E-state index contributed by atoms with van der Waals surface area (Å²) in [6.45, 7) is 6.54. The smallest absolute Gasteiger partial charge is 0.219 e. The first-order valence-electron chi connectivity index (χ1n) is 9.33. The van der Waals surface area contributed by atoms with Gasteiger partial charge in [-0.1, -0.05) is 6.07 Å². The second kappa shape index (κ2) is 7.61. The average Bonchev–Trinajstić information content (AvgIpc) is 2.95. The number of hydrogen-bond acceptors (Lipinski definition) is 5. The number of nitrogens with zero attached hydrogens (tertiary/aromatic N) is 3. The molecule has 3 heterocycles. The Bertz CT molecular complexity index is 670. The fourth-order valence-electron chi connectivity index (χ4n) is 4.53. The maximum Gasteiger partial charge on any atom is 0.219 e. The molecule has 26 heavy (non-hydrogen) atoms. The Kier molecular flexibility index (Phi) is 5.46. The van der Waals surface area contributed by atoms with Crippen molar-refractivity contribution in [2.75, 3.05) is 32.0 Å². The molecule has 1 unspecified atom stereocenters. The van der Waals surface area contributed by atoms with Gasteiger partial charge < -0.3 is 15.5 Å². The van der Waals surface area contributed by atoms with Gasteiger partial charge in [0.1, 0.15) is 5.82 Å². The number of hydrogen-bond donors (Lipinski definition) is 2.